The Bertz CT molecular complexity index is 222. The van der Waals surface area contributed by atoms with Gasteiger partial charge in [-0.3, -0.25) is 0 Å². The lowest BCUT2D eigenvalue weighted by molar-refractivity contribution is -0.105. The Kier molecular flexibility index (Phi) is 7.81. The van der Waals surface area contributed by atoms with Gasteiger partial charge in [-0.1, -0.05) is 40.2 Å². The fourth-order valence-electron chi connectivity index (χ4n) is 2.54. The molecule has 0 aliphatic rings. The number of ether oxygens (including phenoxy) is 1. The molecule has 2 nitrogen and oxygen atoms in total. The molecule has 0 fully saturated rings. The molecule has 0 bridgehead atoms. The topological polar surface area (TPSA) is 29.5 Å². The zero-order chi connectivity index (χ0) is 13.5. The Morgan fingerprint density at radius 3 is 2.24 bits per heavy atom. The van der Waals surface area contributed by atoms with Crippen LogP contribution in [0, 0.1) is 17.8 Å². The molecule has 0 aliphatic heterocycles. The van der Waals surface area contributed by atoms with Crippen molar-refractivity contribution in [3.05, 3.63) is 12.1 Å². The van der Waals surface area contributed by atoms with Gasteiger partial charge < -0.3 is 9.84 Å². The molecule has 0 amide bonds. The van der Waals surface area contributed by atoms with Crippen molar-refractivity contribution < 1.29 is 9.84 Å². The summed E-state index contributed by atoms with van der Waals surface area (Å²) in [4.78, 5) is 0. The summed E-state index contributed by atoms with van der Waals surface area (Å²) in [6.07, 6.45) is 3.84. The van der Waals surface area contributed by atoms with E-state index in [2.05, 4.69) is 27.7 Å². The van der Waals surface area contributed by atoms with Crippen molar-refractivity contribution in [2.45, 2.75) is 46.1 Å². The van der Waals surface area contributed by atoms with Gasteiger partial charge in [-0.05, 0) is 18.3 Å². The molecule has 17 heavy (non-hydrogen) atoms. The van der Waals surface area contributed by atoms with Crippen LogP contribution in [0.5, 0.6) is 0 Å². The summed E-state index contributed by atoms with van der Waals surface area (Å²) in [5.41, 5.74) is -0.514. The number of rotatable bonds is 8. The van der Waals surface area contributed by atoms with E-state index in [-0.39, 0.29) is 12.5 Å². The quantitative estimate of drug-likeness (QED) is 0.659. The third-order valence-electron chi connectivity index (χ3n) is 3.61. The van der Waals surface area contributed by atoms with E-state index in [9.17, 15) is 5.11 Å². The highest BCUT2D eigenvalue weighted by Gasteiger charge is 2.39. The third-order valence-corrected chi connectivity index (χ3v) is 3.61. The van der Waals surface area contributed by atoms with E-state index in [1.807, 2.05) is 6.08 Å². The molecule has 0 saturated heterocycles. The largest absolute Gasteiger partial charge is 0.393 e. The van der Waals surface area contributed by atoms with Gasteiger partial charge in [0.25, 0.3) is 0 Å². The number of aliphatic hydroxyl groups excluding tert-OH is 1. The van der Waals surface area contributed by atoms with Gasteiger partial charge in [0.2, 0.25) is 0 Å². The van der Waals surface area contributed by atoms with Gasteiger partial charge in [0.15, 0.2) is 0 Å². The molecular weight excluding hydrogens is 211 g/mol. The normalized spacial score (nSPS) is 19.5. The van der Waals surface area contributed by atoms with Crippen molar-refractivity contribution in [1.29, 1.82) is 0 Å². The minimum Gasteiger partial charge on any atom is -0.393 e. The average molecular weight is 238 g/mol. The molecule has 0 aromatic heterocycles. The summed E-state index contributed by atoms with van der Waals surface area (Å²) in [6, 6.07) is 0. The van der Waals surface area contributed by atoms with Crippen molar-refractivity contribution in [3.8, 4) is 0 Å². The second-order valence-corrected chi connectivity index (χ2v) is 5.32. The third kappa shape index (κ3) is 4.48. The summed E-state index contributed by atoms with van der Waals surface area (Å²) in [6.45, 7) is 8.64. The van der Waals surface area contributed by atoms with E-state index in [4.69, 9.17) is 12.6 Å². The second kappa shape index (κ2) is 7.94. The first kappa shape index (κ1) is 16.7. The van der Waals surface area contributed by atoms with E-state index in [0.717, 1.165) is 12.8 Å². The van der Waals surface area contributed by atoms with Crippen molar-refractivity contribution >= 4 is 7.85 Å². The molecule has 0 aromatic carbocycles. The van der Waals surface area contributed by atoms with Crippen LogP contribution >= 0.6 is 0 Å². The molecule has 3 unspecified atom stereocenters. The Labute approximate surface area is 108 Å². The van der Waals surface area contributed by atoms with Gasteiger partial charge in [0.1, 0.15) is 7.85 Å². The monoisotopic (exact) mass is 238 g/mol. The van der Waals surface area contributed by atoms with Crippen molar-refractivity contribution in [2.75, 3.05) is 13.7 Å². The zero-order valence-corrected chi connectivity index (χ0v) is 11.9. The van der Waals surface area contributed by atoms with Crippen LogP contribution in [-0.2, 0) is 4.74 Å². The Morgan fingerprint density at radius 2 is 1.94 bits per heavy atom. The number of hydrogen-bond donors (Lipinski definition) is 1. The minimum atomic E-state index is -0.514. The van der Waals surface area contributed by atoms with Gasteiger partial charge in [-0.15, -0.1) is 5.98 Å². The van der Waals surface area contributed by atoms with Crippen LogP contribution < -0.4 is 0 Å². The SMILES string of the molecule is [B]/C=C/C(C(C)CC)C(CO)(CC(C)C)OC. The fraction of sp³-hybridized carbons (Fsp3) is 0.857. The van der Waals surface area contributed by atoms with Crippen molar-refractivity contribution in [1.82, 2.24) is 0 Å². The van der Waals surface area contributed by atoms with Crippen LogP contribution in [0.1, 0.15) is 40.5 Å². The van der Waals surface area contributed by atoms with Crippen LogP contribution in [-0.4, -0.2) is 32.3 Å². The van der Waals surface area contributed by atoms with E-state index in [0.29, 0.717) is 11.8 Å². The van der Waals surface area contributed by atoms with Gasteiger partial charge >= 0.3 is 0 Å². The van der Waals surface area contributed by atoms with Gasteiger partial charge in [0, 0.05) is 13.0 Å². The summed E-state index contributed by atoms with van der Waals surface area (Å²) < 4.78 is 5.68. The lowest BCUT2D eigenvalue weighted by Crippen LogP contribution is -2.46. The molecule has 3 atom stereocenters. The highest BCUT2D eigenvalue weighted by atomic mass is 16.5. The smallest absolute Gasteiger partial charge is 0.102 e. The van der Waals surface area contributed by atoms with Crippen LogP contribution in [0.3, 0.4) is 0 Å². The van der Waals surface area contributed by atoms with Crippen molar-refractivity contribution in [2.24, 2.45) is 17.8 Å². The number of hydrogen-bond acceptors (Lipinski definition) is 2. The Hall–Kier alpha value is -0.275. The summed E-state index contributed by atoms with van der Waals surface area (Å²) in [7, 11) is 7.22. The lowest BCUT2D eigenvalue weighted by atomic mass is 9.73. The number of aliphatic hydroxyl groups is 1. The zero-order valence-electron chi connectivity index (χ0n) is 11.9. The highest BCUT2D eigenvalue weighted by Crippen LogP contribution is 2.36. The first-order chi connectivity index (χ1) is 7.97. The predicted molar refractivity (Wildman–Crippen MR) is 74.1 cm³/mol. The maximum atomic E-state index is 9.77. The molecule has 98 valence electrons. The molecule has 0 rings (SSSR count). The van der Waals surface area contributed by atoms with Gasteiger partial charge in [-0.2, -0.15) is 0 Å². The van der Waals surface area contributed by atoms with E-state index in [1.165, 1.54) is 0 Å². The fourth-order valence-corrected chi connectivity index (χ4v) is 2.54. The van der Waals surface area contributed by atoms with Crippen LogP contribution in [0.2, 0.25) is 0 Å². The van der Waals surface area contributed by atoms with Crippen molar-refractivity contribution in [3.63, 3.8) is 0 Å². The first-order valence-corrected chi connectivity index (χ1v) is 6.51. The molecule has 0 spiro atoms. The van der Waals surface area contributed by atoms with E-state index >= 15 is 0 Å². The summed E-state index contributed by atoms with van der Waals surface area (Å²) in [5.74, 6) is 2.62. The van der Waals surface area contributed by atoms with Gasteiger partial charge in [0.05, 0.1) is 12.2 Å². The molecule has 2 radical (unpaired) electrons. The van der Waals surface area contributed by atoms with Crippen LogP contribution in [0.15, 0.2) is 12.1 Å². The van der Waals surface area contributed by atoms with Crippen LogP contribution in [0.25, 0.3) is 0 Å². The molecule has 3 heteroatoms. The van der Waals surface area contributed by atoms with Gasteiger partial charge in [-0.25, -0.2) is 0 Å². The summed E-state index contributed by atoms with van der Waals surface area (Å²) >= 11 is 0. The average Bonchev–Trinajstić information content (AvgIpc) is 2.32. The Balaban J connectivity index is 5.19. The highest BCUT2D eigenvalue weighted by molar-refractivity contribution is 6.16. The molecule has 0 saturated carbocycles. The van der Waals surface area contributed by atoms with Crippen LogP contribution in [0.4, 0.5) is 0 Å². The van der Waals surface area contributed by atoms with E-state index in [1.54, 1.807) is 13.1 Å². The second-order valence-electron chi connectivity index (χ2n) is 5.32. The standard InChI is InChI=1S/C14H27BO2/c1-6-12(4)13(7-8-15)14(10-16,17-5)9-11(2)3/h7-8,11-13,16H,6,9-10H2,1-5H3/b8-7+. The maximum Gasteiger partial charge on any atom is 0.102 e. The molecule has 0 aromatic rings. The first-order valence-electron chi connectivity index (χ1n) is 6.51. The molecule has 0 heterocycles. The molecule has 0 aliphatic carbocycles. The maximum absolute atomic E-state index is 9.77. The molecular formula is C14H27BO2. The lowest BCUT2D eigenvalue weighted by Gasteiger charge is -2.41. The Morgan fingerprint density at radius 1 is 1.35 bits per heavy atom. The number of methoxy groups -OCH3 is 1. The van der Waals surface area contributed by atoms with E-state index < -0.39 is 5.60 Å². The molecule has 1 N–H and O–H groups in total. The minimum absolute atomic E-state index is 0.0288. The summed E-state index contributed by atoms with van der Waals surface area (Å²) in [5, 5.41) is 9.77. The predicted octanol–water partition coefficient (Wildman–Crippen LogP) is 2.75.